The SMILES string of the molecule is CCCCCCC[C@H](F)C(=O)OC1CCC(c2ccc(C3CCC(OC(=O)[C@@H](F)CCCCCCC)CC3)c(C#N)c2)CC1. The molecule has 2 saturated carbocycles. The van der Waals surface area contributed by atoms with Gasteiger partial charge in [0, 0.05) is 0 Å². The van der Waals surface area contributed by atoms with Gasteiger partial charge < -0.3 is 9.47 Å². The highest BCUT2D eigenvalue weighted by atomic mass is 19.1. The Morgan fingerprint density at radius 1 is 0.727 bits per heavy atom. The third kappa shape index (κ3) is 11.8. The Morgan fingerprint density at radius 3 is 1.64 bits per heavy atom. The summed E-state index contributed by atoms with van der Waals surface area (Å²) in [5.41, 5.74) is 2.84. The van der Waals surface area contributed by atoms with Crippen molar-refractivity contribution < 1.29 is 27.8 Å². The van der Waals surface area contributed by atoms with Gasteiger partial charge in [0.05, 0.1) is 11.6 Å². The average Bonchev–Trinajstić information content (AvgIpc) is 3.04. The molecule has 0 heterocycles. The lowest BCUT2D eigenvalue weighted by atomic mass is 9.78. The van der Waals surface area contributed by atoms with Crippen LogP contribution in [-0.2, 0) is 19.1 Å². The van der Waals surface area contributed by atoms with Crippen molar-refractivity contribution in [2.24, 2.45) is 0 Å². The van der Waals surface area contributed by atoms with Gasteiger partial charge in [-0.15, -0.1) is 0 Å². The summed E-state index contributed by atoms with van der Waals surface area (Å²) in [6.07, 6.45) is 12.9. The van der Waals surface area contributed by atoms with Gasteiger partial charge in [-0.25, -0.2) is 18.4 Å². The molecule has 2 aliphatic carbocycles. The maximum Gasteiger partial charge on any atom is 0.340 e. The molecule has 0 aromatic heterocycles. The lowest BCUT2D eigenvalue weighted by Gasteiger charge is -2.31. The standard InChI is InChI=1S/C37H55F2NO4/c1-3-5-7-9-11-13-34(38)36(41)43-31-20-15-27(16-21-31)29-19-24-33(30(25-29)26-40)28-17-22-32(23-18-28)44-37(42)35(39)14-12-10-8-6-4-2/h19,24-25,27-28,31-32,34-35H,3-18,20-23H2,1-2H3/t27?,28?,31?,32?,34-,35-/m0/s1. The van der Waals surface area contributed by atoms with Gasteiger partial charge in [0.2, 0.25) is 0 Å². The van der Waals surface area contributed by atoms with Crippen molar-refractivity contribution in [3.05, 3.63) is 34.9 Å². The van der Waals surface area contributed by atoms with Crippen molar-refractivity contribution in [1.82, 2.24) is 0 Å². The zero-order valence-electron chi connectivity index (χ0n) is 27.2. The van der Waals surface area contributed by atoms with E-state index in [4.69, 9.17) is 9.47 Å². The van der Waals surface area contributed by atoms with E-state index < -0.39 is 24.3 Å². The van der Waals surface area contributed by atoms with Gasteiger partial charge >= 0.3 is 11.9 Å². The first-order chi connectivity index (χ1) is 21.4. The first-order valence-electron chi connectivity index (χ1n) is 17.6. The number of hydrogen-bond donors (Lipinski definition) is 0. The molecule has 7 heteroatoms. The van der Waals surface area contributed by atoms with Crippen LogP contribution in [-0.4, -0.2) is 36.5 Å². The summed E-state index contributed by atoms with van der Waals surface area (Å²) in [7, 11) is 0. The number of rotatable bonds is 18. The summed E-state index contributed by atoms with van der Waals surface area (Å²) in [4.78, 5) is 24.5. The number of nitriles is 1. The number of carbonyl (C=O) groups is 2. The number of hydrogen-bond acceptors (Lipinski definition) is 5. The van der Waals surface area contributed by atoms with E-state index in [-0.39, 0.29) is 36.9 Å². The lowest BCUT2D eigenvalue weighted by molar-refractivity contribution is -0.157. The van der Waals surface area contributed by atoms with Crippen LogP contribution in [0.2, 0.25) is 0 Å². The van der Waals surface area contributed by atoms with E-state index in [1.807, 2.05) is 6.07 Å². The zero-order chi connectivity index (χ0) is 31.7. The minimum Gasteiger partial charge on any atom is -0.460 e. The van der Waals surface area contributed by atoms with Crippen LogP contribution in [0.5, 0.6) is 0 Å². The largest absolute Gasteiger partial charge is 0.460 e. The summed E-state index contributed by atoms with van der Waals surface area (Å²) in [5.74, 6) is -0.949. The van der Waals surface area contributed by atoms with E-state index in [0.717, 1.165) is 88.2 Å². The van der Waals surface area contributed by atoms with Gasteiger partial charge in [-0.2, -0.15) is 5.26 Å². The van der Waals surface area contributed by atoms with Gasteiger partial charge in [0.15, 0.2) is 12.3 Å². The topological polar surface area (TPSA) is 76.4 Å². The van der Waals surface area contributed by atoms with Gasteiger partial charge in [0.1, 0.15) is 12.2 Å². The van der Waals surface area contributed by atoms with Crippen molar-refractivity contribution in [3.8, 4) is 6.07 Å². The van der Waals surface area contributed by atoms with Crippen molar-refractivity contribution in [1.29, 1.82) is 5.26 Å². The molecule has 0 saturated heterocycles. The highest BCUT2D eigenvalue weighted by molar-refractivity contribution is 5.75. The van der Waals surface area contributed by atoms with E-state index in [1.165, 1.54) is 0 Å². The Labute approximate surface area is 264 Å². The quantitative estimate of drug-likeness (QED) is 0.121. The highest BCUT2D eigenvalue weighted by Gasteiger charge is 2.31. The fourth-order valence-corrected chi connectivity index (χ4v) is 6.85. The minimum absolute atomic E-state index is 0.212. The Hall–Kier alpha value is -2.49. The number of alkyl halides is 2. The molecule has 0 aliphatic heterocycles. The molecule has 44 heavy (non-hydrogen) atoms. The maximum atomic E-state index is 14.3. The fraction of sp³-hybridized carbons (Fsp3) is 0.757. The summed E-state index contributed by atoms with van der Waals surface area (Å²) < 4.78 is 39.7. The molecule has 1 aromatic carbocycles. The van der Waals surface area contributed by atoms with Gasteiger partial charge in [0.25, 0.3) is 0 Å². The Balaban J connectivity index is 1.41. The van der Waals surface area contributed by atoms with Crippen molar-refractivity contribution in [3.63, 3.8) is 0 Å². The highest BCUT2D eigenvalue weighted by Crippen LogP contribution is 2.39. The summed E-state index contributed by atoms with van der Waals surface area (Å²) in [5, 5.41) is 9.97. The molecule has 2 fully saturated rings. The first kappa shape index (κ1) is 36.0. The molecule has 2 atom stereocenters. The van der Waals surface area contributed by atoms with Crippen LogP contribution in [0.15, 0.2) is 18.2 Å². The van der Waals surface area contributed by atoms with Crippen LogP contribution in [0.1, 0.15) is 171 Å². The number of esters is 2. The van der Waals surface area contributed by atoms with Gasteiger partial charge in [-0.1, -0.05) is 77.3 Å². The smallest absolute Gasteiger partial charge is 0.340 e. The average molecular weight is 616 g/mol. The number of nitrogens with zero attached hydrogens (tertiary/aromatic N) is 1. The zero-order valence-corrected chi connectivity index (χ0v) is 27.2. The third-order valence-electron chi connectivity index (χ3n) is 9.66. The van der Waals surface area contributed by atoms with Crippen molar-refractivity contribution >= 4 is 11.9 Å². The number of benzene rings is 1. The van der Waals surface area contributed by atoms with Crippen LogP contribution < -0.4 is 0 Å². The van der Waals surface area contributed by atoms with E-state index in [1.54, 1.807) is 0 Å². The molecule has 1 aromatic rings. The molecule has 0 amide bonds. The minimum atomic E-state index is -1.54. The number of unbranched alkanes of at least 4 members (excludes halogenated alkanes) is 8. The van der Waals surface area contributed by atoms with Crippen LogP contribution >= 0.6 is 0 Å². The molecule has 0 bridgehead atoms. The van der Waals surface area contributed by atoms with E-state index >= 15 is 0 Å². The van der Waals surface area contributed by atoms with Crippen LogP contribution in [0.3, 0.4) is 0 Å². The summed E-state index contributed by atoms with van der Waals surface area (Å²) in [6.45, 7) is 4.27. The second-order valence-electron chi connectivity index (χ2n) is 13.1. The molecule has 0 N–H and O–H groups in total. The predicted molar refractivity (Wildman–Crippen MR) is 170 cm³/mol. The summed E-state index contributed by atoms with van der Waals surface area (Å²) in [6, 6.07) is 8.58. The second-order valence-corrected chi connectivity index (χ2v) is 13.1. The molecular formula is C37H55F2NO4. The fourth-order valence-electron chi connectivity index (χ4n) is 6.85. The Bertz CT molecular complexity index is 1040. The predicted octanol–water partition coefficient (Wildman–Crippen LogP) is 10.1. The number of carbonyl (C=O) groups excluding carboxylic acids is 2. The molecule has 0 unspecified atom stereocenters. The molecular weight excluding hydrogens is 560 g/mol. The lowest BCUT2D eigenvalue weighted by Crippen LogP contribution is -2.29. The van der Waals surface area contributed by atoms with Crippen LogP contribution in [0.4, 0.5) is 8.78 Å². The molecule has 0 radical (unpaired) electrons. The van der Waals surface area contributed by atoms with E-state index in [0.29, 0.717) is 44.1 Å². The summed E-state index contributed by atoms with van der Waals surface area (Å²) >= 11 is 0. The third-order valence-corrected chi connectivity index (χ3v) is 9.66. The number of halogens is 2. The Morgan fingerprint density at radius 2 is 1.18 bits per heavy atom. The van der Waals surface area contributed by atoms with Crippen LogP contribution in [0.25, 0.3) is 0 Å². The van der Waals surface area contributed by atoms with Gasteiger partial charge in [-0.05, 0) is 106 Å². The molecule has 3 rings (SSSR count). The first-order valence-corrected chi connectivity index (χ1v) is 17.6. The molecule has 0 spiro atoms. The van der Waals surface area contributed by atoms with E-state index in [9.17, 15) is 23.6 Å². The van der Waals surface area contributed by atoms with Crippen molar-refractivity contribution in [2.75, 3.05) is 0 Å². The molecule has 246 valence electrons. The van der Waals surface area contributed by atoms with Gasteiger partial charge in [-0.3, -0.25) is 0 Å². The second kappa shape index (κ2) is 19.8. The number of ether oxygens (including phenoxy) is 2. The monoisotopic (exact) mass is 615 g/mol. The van der Waals surface area contributed by atoms with Crippen molar-refractivity contribution in [2.45, 2.75) is 179 Å². The Kier molecular flexibility index (Phi) is 16.2. The maximum absolute atomic E-state index is 14.3. The van der Waals surface area contributed by atoms with Crippen LogP contribution in [0, 0.1) is 11.3 Å². The molecule has 5 nitrogen and oxygen atoms in total. The normalized spacial score (nSPS) is 23.3. The molecule has 2 aliphatic rings. The van der Waals surface area contributed by atoms with E-state index in [2.05, 4.69) is 32.0 Å².